The summed E-state index contributed by atoms with van der Waals surface area (Å²) in [5.74, 6) is 1.72. The van der Waals surface area contributed by atoms with Gasteiger partial charge in [0.05, 0.1) is 12.8 Å². The van der Waals surface area contributed by atoms with Crippen LogP contribution in [0, 0.1) is 4.77 Å². The standard InChI is InChI=1S/C15H20N4OS/c1-3-5-6-14-17-18-15(21)19(14)16-11-12-7-9-13(10-8-12)20-4-2/h7-11H,3-6H2,1-2H3,(H,18,21)/b16-11-. The number of rotatable bonds is 7. The minimum atomic E-state index is 0.517. The van der Waals surface area contributed by atoms with Crippen LogP contribution in [0.3, 0.4) is 0 Å². The van der Waals surface area contributed by atoms with Gasteiger partial charge in [0.15, 0.2) is 5.82 Å². The van der Waals surface area contributed by atoms with Crippen LogP contribution in [-0.4, -0.2) is 27.7 Å². The van der Waals surface area contributed by atoms with Crippen molar-refractivity contribution < 1.29 is 4.74 Å². The smallest absolute Gasteiger partial charge is 0.216 e. The highest BCUT2D eigenvalue weighted by Gasteiger charge is 2.03. The molecule has 0 aliphatic rings. The zero-order valence-electron chi connectivity index (χ0n) is 12.4. The second-order valence-corrected chi connectivity index (χ2v) is 4.99. The molecule has 1 heterocycles. The first-order valence-corrected chi connectivity index (χ1v) is 7.59. The maximum atomic E-state index is 5.41. The molecular formula is C15H20N4OS. The lowest BCUT2D eigenvalue weighted by atomic mass is 10.2. The molecule has 0 aliphatic heterocycles. The molecule has 0 bridgehead atoms. The van der Waals surface area contributed by atoms with Crippen molar-refractivity contribution in [2.45, 2.75) is 33.1 Å². The number of aryl methyl sites for hydroxylation is 1. The molecule has 21 heavy (non-hydrogen) atoms. The molecule has 0 spiro atoms. The summed E-state index contributed by atoms with van der Waals surface area (Å²) in [4.78, 5) is 0. The summed E-state index contributed by atoms with van der Waals surface area (Å²) in [6.07, 6.45) is 4.82. The normalized spacial score (nSPS) is 11.1. The van der Waals surface area contributed by atoms with E-state index in [2.05, 4.69) is 22.2 Å². The average Bonchev–Trinajstić information content (AvgIpc) is 2.85. The van der Waals surface area contributed by atoms with Crippen molar-refractivity contribution in [1.82, 2.24) is 14.9 Å². The van der Waals surface area contributed by atoms with Gasteiger partial charge in [0.25, 0.3) is 0 Å². The molecule has 0 amide bonds. The highest BCUT2D eigenvalue weighted by atomic mass is 32.1. The third-order valence-electron chi connectivity index (χ3n) is 2.98. The second kappa shape index (κ2) is 7.73. The van der Waals surface area contributed by atoms with E-state index < -0.39 is 0 Å². The summed E-state index contributed by atoms with van der Waals surface area (Å²) in [5, 5.41) is 11.4. The second-order valence-electron chi connectivity index (χ2n) is 4.61. The summed E-state index contributed by atoms with van der Waals surface area (Å²) < 4.78 is 7.61. The number of hydrogen-bond donors (Lipinski definition) is 1. The lowest BCUT2D eigenvalue weighted by Gasteiger charge is -2.02. The molecule has 0 atom stereocenters. The summed E-state index contributed by atoms with van der Waals surface area (Å²) in [7, 11) is 0. The first kappa shape index (κ1) is 15.4. The van der Waals surface area contributed by atoms with E-state index in [1.54, 1.807) is 10.9 Å². The number of benzene rings is 1. The van der Waals surface area contributed by atoms with Gasteiger partial charge >= 0.3 is 0 Å². The van der Waals surface area contributed by atoms with E-state index in [1.807, 2.05) is 31.2 Å². The van der Waals surface area contributed by atoms with Gasteiger partial charge in [-0.15, -0.1) is 0 Å². The lowest BCUT2D eigenvalue weighted by molar-refractivity contribution is 0.340. The third kappa shape index (κ3) is 4.26. The Morgan fingerprint density at radius 2 is 2.10 bits per heavy atom. The fourth-order valence-corrected chi connectivity index (χ4v) is 2.08. The van der Waals surface area contributed by atoms with Gasteiger partial charge in [-0.05, 0) is 55.4 Å². The molecule has 1 aromatic carbocycles. The van der Waals surface area contributed by atoms with Gasteiger partial charge in [-0.3, -0.25) is 5.10 Å². The molecule has 5 nitrogen and oxygen atoms in total. The molecule has 0 saturated heterocycles. The number of hydrogen-bond acceptors (Lipinski definition) is 4. The van der Waals surface area contributed by atoms with Crippen LogP contribution in [0.15, 0.2) is 29.4 Å². The van der Waals surface area contributed by atoms with E-state index in [9.17, 15) is 0 Å². The molecule has 112 valence electrons. The topological polar surface area (TPSA) is 55.2 Å². The van der Waals surface area contributed by atoms with Crippen molar-refractivity contribution in [2.24, 2.45) is 5.10 Å². The Morgan fingerprint density at radius 1 is 1.33 bits per heavy atom. The van der Waals surface area contributed by atoms with Gasteiger partial charge in [0, 0.05) is 6.42 Å². The fraction of sp³-hybridized carbons (Fsp3) is 0.400. The average molecular weight is 304 g/mol. The van der Waals surface area contributed by atoms with Gasteiger partial charge in [0.1, 0.15) is 5.75 Å². The Morgan fingerprint density at radius 3 is 2.76 bits per heavy atom. The predicted octanol–water partition coefficient (Wildman–Crippen LogP) is 3.56. The van der Waals surface area contributed by atoms with Crippen molar-refractivity contribution in [1.29, 1.82) is 0 Å². The molecule has 0 saturated carbocycles. The lowest BCUT2D eigenvalue weighted by Crippen LogP contribution is -1.99. The summed E-state index contributed by atoms with van der Waals surface area (Å²) in [6.45, 7) is 4.78. The summed E-state index contributed by atoms with van der Waals surface area (Å²) in [5.41, 5.74) is 0.989. The highest BCUT2D eigenvalue weighted by molar-refractivity contribution is 7.71. The molecule has 6 heteroatoms. The molecular weight excluding hydrogens is 284 g/mol. The SMILES string of the molecule is CCCCc1n[nH]c(=S)n1/N=C\c1ccc(OCC)cc1. The maximum absolute atomic E-state index is 5.41. The number of aromatic amines is 1. The van der Waals surface area contributed by atoms with Crippen LogP contribution in [0.5, 0.6) is 5.75 Å². The molecule has 0 aliphatic carbocycles. The van der Waals surface area contributed by atoms with Gasteiger partial charge in [0.2, 0.25) is 4.77 Å². The van der Waals surface area contributed by atoms with E-state index in [0.29, 0.717) is 11.4 Å². The molecule has 0 unspecified atom stereocenters. The summed E-state index contributed by atoms with van der Waals surface area (Å²) in [6, 6.07) is 7.78. The largest absolute Gasteiger partial charge is 0.494 e. The number of ether oxygens (including phenoxy) is 1. The zero-order valence-corrected chi connectivity index (χ0v) is 13.2. The molecule has 2 aromatic rings. The first-order valence-electron chi connectivity index (χ1n) is 7.18. The van der Waals surface area contributed by atoms with Crippen LogP contribution in [0.4, 0.5) is 0 Å². The van der Waals surface area contributed by atoms with Gasteiger partial charge in [-0.2, -0.15) is 14.9 Å². The number of nitrogens with zero attached hydrogens (tertiary/aromatic N) is 3. The Balaban J connectivity index is 2.13. The van der Waals surface area contributed by atoms with E-state index >= 15 is 0 Å². The summed E-state index contributed by atoms with van der Waals surface area (Å²) >= 11 is 5.21. The number of nitrogens with one attached hydrogen (secondary N) is 1. The van der Waals surface area contributed by atoms with Crippen molar-refractivity contribution in [2.75, 3.05) is 6.61 Å². The highest BCUT2D eigenvalue weighted by Crippen LogP contribution is 2.11. The van der Waals surface area contributed by atoms with E-state index in [-0.39, 0.29) is 0 Å². The fourth-order valence-electron chi connectivity index (χ4n) is 1.88. The first-order chi connectivity index (χ1) is 10.2. The van der Waals surface area contributed by atoms with Crippen LogP contribution in [0.1, 0.15) is 38.1 Å². The number of aromatic nitrogens is 3. The Labute approximate surface area is 129 Å². The monoisotopic (exact) mass is 304 g/mol. The maximum Gasteiger partial charge on any atom is 0.216 e. The third-order valence-corrected chi connectivity index (χ3v) is 3.25. The molecule has 0 fully saturated rings. The van der Waals surface area contributed by atoms with Crippen molar-refractivity contribution in [3.63, 3.8) is 0 Å². The van der Waals surface area contributed by atoms with E-state index in [1.165, 1.54) is 0 Å². The van der Waals surface area contributed by atoms with Crippen molar-refractivity contribution in [3.8, 4) is 5.75 Å². The van der Waals surface area contributed by atoms with Crippen molar-refractivity contribution in [3.05, 3.63) is 40.4 Å². The Kier molecular flexibility index (Phi) is 5.68. The molecule has 1 N–H and O–H groups in total. The number of unbranched alkanes of at least 4 members (excludes halogenated alkanes) is 1. The zero-order chi connectivity index (χ0) is 15.1. The van der Waals surface area contributed by atoms with Crippen molar-refractivity contribution >= 4 is 18.4 Å². The van der Waals surface area contributed by atoms with Gasteiger partial charge in [-0.25, -0.2) is 0 Å². The quantitative estimate of drug-likeness (QED) is 0.628. The van der Waals surface area contributed by atoms with Crippen LogP contribution in [0.25, 0.3) is 0 Å². The minimum Gasteiger partial charge on any atom is -0.494 e. The van der Waals surface area contributed by atoms with Gasteiger partial charge < -0.3 is 4.74 Å². The minimum absolute atomic E-state index is 0.517. The van der Waals surface area contributed by atoms with Crippen LogP contribution < -0.4 is 4.74 Å². The number of H-pyrrole nitrogens is 1. The predicted molar refractivity (Wildman–Crippen MR) is 86.6 cm³/mol. The molecule has 0 radical (unpaired) electrons. The Hall–Kier alpha value is -1.95. The van der Waals surface area contributed by atoms with Crippen LogP contribution in [-0.2, 0) is 6.42 Å². The van der Waals surface area contributed by atoms with E-state index in [4.69, 9.17) is 17.0 Å². The molecule has 1 aromatic heterocycles. The Bertz CT molecular complexity index is 642. The van der Waals surface area contributed by atoms with Crippen LogP contribution in [0.2, 0.25) is 0 Å². The van der Waals surface area contributed by atoms with Gasteiger partial charge in [-0.1, -0.05) is 13.3 Å². The van der Waals surface area contributed by atoms with Crippen LogP contribution >= 0.6 is 12.2 Å². The van der Waals surface area contributed by atoms with E-state index in [0.717, 1.165) is 36.4 Å². The molecule has 2 rings (SSSR count).